The van der Waals surface area contributed by atoms with Crippen molar-refractivity contribution in [2.45, 2.75) is 6.54 Å². The van der Waals surface area contributed by atoms with E-state index in [4.69, 9.17) is 16.3 Å². The minimum atomic E-state index is 0.456. The lowest BCUT2D eigenvalue weighted by Crippen LogP contribution is -2.02. The fourth-order valence-corrected chi connectivity index (χ4v) is 2.87. The van der Waals surface area contributed by atoms with E-state index >= 15 is 0 Å². The SMILES string of the molecule is COc1ccccc1Cn1c(Cl)c(C=O)c2ccccc21. The number of rotatable bonds is 4. The molecule has 4 heteroatoms. The van der Waals surface area contributed by atoms with Gasteiger partial charge in [0.25, 0.3) is 0 Å². The number of ether oxygens (including phenoxy) is 1. The van der Waals surface area contributed by atoms with Gasteiger partial charge in [0.15, 0.2) is 6.29 Å². The Hall–Kier alpha value is -2.26. The highest BCUT2D eigenvalue weighted by molar-refractivity contribution is 6.34. The van der Waals surface area contributed by atoms with Crippen molar-refractivity contribution in [3.05, 3.63) is 64.8 Å². The average Bonchev–Trinajstić information content (AvgIpc) is 2.80. The van der Waals surface area contributed by atoms with E-state index in [0.717, 1.165) is 28.5 Å². The van der Waals surface area contributed by atoms with Crippen molar-refractivity contribution in [2.24, 2.45) is 0 Å². The molecule has 21 heavy (non-hydrogen) atoms. The van der Waals surface area contributed by atoms with Crippen molar-refractivity contribution in [1.82, 2.24) is 4.57 Å². The average molecular weight is 300 g/mol. The molecule has 0 bridgehead atoms. The molecule has 0 radical (unpaired) electrons. The maximum Gasteiger partial charge on any atom is 0.153 e. The van der Waals surface area contributed by atoms with E-state index in [2.05, 4.69) is 0 Å². The van der Waals surface area contributed by atoms with E-state index in [1.165, 1.54) is 0 Å². The van der Waals surface area contributed by atoms with E-state index in [-0.39, 0.29) is 0 Å². The molecule has 3 nitrogen and oxygen atoms in total. The van der Waals surface area contributed by atoms with Gasteiger partial charge in [0.2, 0.25) is 0 Å². The number of nitrogens with zero attached hydrogens (tertiary/aromatic N) is 1. The van der Waals surface area contributed by atoms with Crippen LogP contribution in [0.3, 0.4) is 0 Å². The number of carbonyl (C=O) groups excluding carboxylic acids is 1. The van der Waals surface area contributed by atoms with Gasteiger partial charge in [0, 0.05) is 10.9 Å². The van der Waals surface area contributed by atoms with Crippen LogP contribution >= 0.6 is 11.6 Å². The second-order valence-corrected chi connectivity index (χ2v) is 5.10. The summed E-state index contributed by atoms with van der Waals surface area (Å²) in [7, 11) is 1.64. The molecule has 0 aliphatic rings. The molecule has 0 fully saturated rings. The third kappa shape index (κ3) is 2.30. The molecule has 0 saturated heterocycles. The van der Waals surface area contributed by atoms with Gasteiger partial charge in [0.1, 0.15) is 10.9 Å². The summed E-state index contributed by atoms with van der Waals surface area (Å²) >= 11 is 6.39. The molecule has 2 aromatic carbocycles. The van der Waals surface area contributed by atoms with Gasteiger partial charge in [-0.05, 0) is 12.1 Å². The highest BCUT2D eigenvalue weighted by Crippen LogP contribution is 2.30. The van der Waals surface area contributed by atoms with Crippen molar-refractivity contribution < 1.29 is 9.53 Å². The van der Waals surface area contributed by atoms with Crippen LogP contribution in [-0.4, -0.2) is 18.0 Å². The molecule has 0 aliphatic heterocycles. The first-order valence-electron chi connectivity index (χ1n) is 6.60. The second-order valence-electron chi connectivity index (χ2n) is 4.74. The van der Waals surface area contributed by atoms with E-state index in [1.54, 1.807) is 7.11 Å². The minimum absolute atomic E-state index is 0.456. The summed E-state index contributed by atoms with van der Waals surface area (Å²) in [5.74, 6) is 0.805. The fourth-order valence-electron chi connectivity index (χ4n) is 2.57. The molecule has 3 rings (SSSR count). The van der Waals surface area contributed by atoms with Crippen LogP contribution in [0.4, 0.5) is 0 Å². The molecule has 0 aliphatic carbocycles. The van der Waals surface area contributed by atoms with E-state index in [1.807, 2.05) is 53.1 Å². The largest absolute Gasteiger partial charge is 0.496 e. The predicted octanol–water partition coefficient (Wildman–Crippen LogP) is 4.16. The second kappa shape index (κ2) is 5.62. The molecule has 3 aromatic rings. The van der Waals surface area contributed by atoms with Gasteiger partial charge >= 0.3 is 0 Å². The van der Waals surface area contributed by atoms with Crippen molar-refractivity contribution in [3.8, 4) is 5.75 Å². The Morgan fingerprint density at radius 1 is 1.14 bits per heavy atom. The highest BCUT2D eigenvalue weighted by atomic mass is 35.5. The number of aromatic nitrogens is 1. The number of hydrogen-bond acceptors (Lipinski definition) is 2. The van der Waals surface area contributed by atoms with Crippen molar-refractivity contribution in [3.63, 3.8) is 0 Å². The lowest BCUT2D eigenvalue weighted by molar-refractivity contribution is 0.112. The third-order valence-electron chi connectivity index (χ3n) is 3.58. The summed E-state index contributed by atoms with van der Waals surface area (Å²) in [6.07, 6.45) is 0.809. The summed E-state index contributed by atoms with van der Waals surface area (Å²) in [5.41, 5.74) is 2.48. The number of benzene rings is 2. The Bertz CT molecular complexity index is 808. The zero-order valence-electron chi connectivity index (χ0n) is 11.5. The van der Waals surface area contributed by atoms with Crippen molar-refractivity contribution in [2.75, 3.05) is 7.11 Å². The Morgan fingerprint density at radius 3 is 2.62 bits per heavy atom. The van der Waals surface area contributed by atoms with Crippen LogP contribution in [-0.2, 0) is 6.54 Å². The number of hydrogen-bond donors (Lipinski definition) is 0. The number of fused-ring (bicyclic) bond motifs is 1. The van der Waals surface area contributed by atoms with Crippen LogP contribution in [0.15, 0.2) is 48.5 Å². The standard InChI is InChI=1S/C17H14ClNO2/c1-21-16-9-5-2-6-12(16)10-19-15-8-4-3-7-13(15)14(11-20)17(19)18/h2-9,11H,10H2,1H3. The molecule has 106 valence electrons. The first-order valence-corrected chi connectivity index (χ1v) is 6.98. The van der Waals surface area contributed by atoms with E-state index < -0.39 is 0 Å². The van der Waals surface area contributed by atoms with Gasteiger partial charge in [-0.2, -0.15) is 0 Å². The van der Waals surface area contributed by atoms with E-state index in [0.29, 0.717) is 17.3 Å². The molecule has 0 saturated carbocycles. The van der Waals surface area contributed by atoms with Gasteiger partial charge < -0.3 is 9.30 Å². The number of carbonyl (C=O) groups is 1. The van der Waals surface area contributed by atoms with Crippen molar-refractivity contribution in [1.29, 1.82) is 0 Å². The fraction of sp³-hybridized carbons (Fsp3) is 0.118. The number of methoxy groups -OCH3 is 1. The molecule has 1 aromatic heterocycles. The minimum Gasteiger partial charge on any atom is -0.496 e. The smallest absolute Gasteiger partial charge is 0.153 e. The first-order chi connectivity index (χ1) is 10.3. The van der Waals surface area contributed by atoms with Crippen LogP contribution in [0.5, 0.6) is 5.75 Å². The summed E-state index contributed by atoms with van der Waals surface area (Å²) < 4.78 is 7.31. The zero-order valence-corrected chi connectivity index (χ0v) is 12.3. The number of para-hydroxylation sites is 2. The van der Waals surface area contributed by atoms with Crippen LogP contribution in [0.1, 0.15) is 15.9 Å². The molecular formula is C17H14ClNO2. The van der Waals surface area contributed by atoms with Crippen molar-refractivity contribution >= 4 is 28.8 Å². The Kier molecular flexibility index (Phi) is 3.67. The number of aldehydes is 1. The lowest BCUT2D eigenvalue weighted by Gasteiger charge is -2.11. The lowest BCUT2D eigenvalue weighted by atomic mass is 10.2. The topological polar surface area (TPSA) is 31.2 Å². The third-order valence-corrected chi connectivity index (χ3v) is 3.99. The summed E-state index contributed by atoms with van der Waals surface area (Å²) in [5, 5.41) is 1.32. The summed E-state index contributed by atoms with van der Waals surface area (Å²) in [4.78, 5) is 11.3. The molecule has 0 unspecified atom stereocenters. The molecular weight excluding hydrogens is 286 g/mol. The Labute approximate surface area is 127 Å². The van der Waals surface area contributed by atoms with Crippen LogP contribution in [0.2, 0.25) is 5.15 Å². The molecule has 0 atom stereocenters. The summed E-state index contributed by atoms with van der Waals surface area (Å²) in [6, 6.07) is 15.5. The maximum absolute atomic E-state index is 11.3. The highest BCUT2D eigenvalue weighted by Gasteiger charge is 2.15. The Balaban J connectivity index is 2.17. The van der Waals surface area contributed by atoms with Gasteiger partial charge in [-0.1, -0.05) is 48.0 Å². The number of halogens is 1. The molecule has 1 heterocycles. The van der Waals surface area contributed by atoms with Gasteiger partial charge in [-0.3, -0.25) is 4.79 Å². The Morgan fingerprint density at radius 2 is 1.86 bits per heavy atom. The zero-order chi connectivity index (χ0) is 14.8. The molecule has 0 spiro atoms. The monoisotopic (exact) mass is 299 g/mol. The molecule has 0 N–H and O–H groups in total. The van der Waals surface area contributed by atoms with E-state index in [9.17, 15) is 4.79 Å². The quantitative estimate of drug-likeness (QED) is 0.677. The molecule has 0 amide bonds. The van der Waals surface area contributed by atoms with Crippen LogP contribution < -0.4 is 4.74 Å². The van der Waals surface area contributed by atoms with Gasteiger partial charge in [-0.15, -0.1) is 0 Å². The van der Waals surface area contributed by atoms with Gasteiger partial charge in [-0.25, -0.2) is 0 Å². The first kappa shape index (κ1) is 13.7. The maximum atomic E-state index is 11.3. The van der Waals surface area contributed by atoms with Crippen LogP contribution in [0.25, 0.3) is 10.9 Å². The van der Waals surface area contributed by atoms with Gasteiger partial charge in [0.05, 0.1) is 24.7 Å². The normalized spacial score (nSPS) is 10.8. The predicted molar refractivity (Wildman–Crippen MR) is 84.4 cm³/mol. The van der Waals surface area contributed by atoms with Crippen LogP contribution in [0, 0.1) is 0 Å². The summed E-state index contributed by atoms with van der Waals surface area (Å²) in [6.45, 7) is 0.553.